The second-order valence-electron chi connectivity index (χ2n) is 6.12. The summed E-state index contributed by atoms with van der Waals surface area (Å²) in [4.78, 5) is 14.8. The molecule has 1 saturated carbocycles. The highest BCUT2D eigenvalue weighted by atomic mass is 16.1. The third-order valence-corrected chi connectivity index (χ3v) is 4.83. The first kappa shape index (κ1) is 13.9. The highest BCUT2D eigenvalue weighted by Crippen LogP contribution is 2.34. The molecule has 1 aliphatic heterocycles. The highest BCUT2D eigenvalue weighted by Gasteiger charge is 2.38. The molecule has 2 fully saturated rings. The summed E-state index contributed by atoms with van der Waals surface area (Å²) in [5, 5.41) is 11.3. The van der Waals surface area contributed by atoms with Crippen molar-refractivity contribution in [1.29, 1.82) is 5.26 Å². The molecule has 0 unspecified atom stereocenters. The maximum Gasteiger partial charge on any atom is 0.176 e. The van der Waals surface area contributed by atoms with Crippen LogP contribution in [-0.2, 0) is 4.79 Å². The van der Waals surface area contributed by atoms with Gasteiger partial charge in [-0.1, -0.05) is 18.2 Å². The second kappa shape index (κ2) is 6.17. The number of ketones is 1. The molecule has 0 aromatic heterocycles. The van der Waals surface area contributed by atoms with Crippen molar-refractivity contribution in [2.75, 3.05) is 18.0 Å². The fraction of sp³-hybridized carbons (Fsp3) is 0.529. The third kappa shape index (κ3) is 3.02. The number of hydrogen-bond donors (Lipinski definition) is 1. The van der Waals surface area contributed by atoms with E-state index in [2.05, 4.69) is 34.5 Å². The summed E-state index contributed by atoms with van der Waals surface area (Å²) >= 11 is 0. The molecule has 1 heterocycles. The topological polar surface area (TPSA) is 56.1 Å². The van der Waals surface area contributed by atoms with Gasteiger partial charge in [0.05, 0.1) is 0 Å². The quantitative estimate of drug-likeness (QED) is 0.680. The van der Waals surface area contributed by atoms with E-state index in [1.165, 1.54) is 5.69 Å². The minimum Gasteiger partial charge on any atom is -0.371 e. The molecule has 110 valence electrons. The molecular weight excluding hydrogens is 262 g/mol. The highest BCUT2D eigenvalue weighted by molar-refractivity contribution is 5.84. The average Bonchev–Trinajstić information content (AvgIpc) is 2.51. The van der Waals surface area contributed by atoms with Gasteiger partial charge >= 0.3 is 0 Å². The molecule has 21 heavy (non-hydrogen) atoms. The summed E-state index contributed by atoms with van der Waals surface area (Å²) in [6.45, 7) is 1.93. The molecule has 0 amide bonds. The number of rotatable bonds is 4. The van der Waals surface area contributed by atoms with Gasteiger partial charge in [-0.25, -0.2) is 0 Å². The average molecular weight is 283 g/mol. The molecule has 1 aliphatic carbocycles. The molecule has 0 spiro atoms. The van der Waals surface area contributed by atoms with E-state index in [1.54, 1.807) is 0 Å². The van der Waals surface area contributed by atoms with Gasteiger partial charge in [0.2, 0.25) is 0 Å². The molecule has 1 N–H and O–H groups in total. The summed E-state index contributed by atoms with van der Waals surface area (Å²) in [5.74, 6) is 0.834. The van der Waals surface area contributed by atoms with Crippen LogP contribution in [0.1, 0.15) is 25.7 Å². The van der Waals surface area contributed by atoms with Crippen LogP contribution in [0.15, 0.2) is 30.3 Å². The van der Waals surface area contributed by atoms with Crippen LogP contribution < -0.4 is 10.2 Å². The van der Waals surface area contributed by atoms with E-state index in [9.17, 15) is 4.79 Å². The second-order valence-corrected chi connectivity index (χ2v) is 6.12. The molecule has 1 aromatic carbocycles. The largest absolute Gasteiger partial charge is 0.371 e. The maximum absolute atomic E-state index is 12.4. The van der Waals surface area contributed by atoms with E-state index in [1.807, 2.05) is 12.3 Å². The fourth-order valence-corrected chi connectivity index (χ4v) is 3.45. The Bertz CT molecular complexity index is 523. The van der Waals surface area contributed by atoms with Crippen molar-refractivity contribution < 1.29 is 4.79 Å². The summed E-state index contributed by atoms with van der Waals surface area (Å²) in [6.07, 6.45) is 5.56. The van der Waals surface area contributed by atoms with E-state index in [4.69, 9.17) is 5.26 Å². The van der Waals surface area contributed by atoms with E-state index < -0.39 is 0 Å². The lowest BCUT2D eigenvalue weighted by molar-refractivity contribution is -0.130. The number of carbonyl (C=O) groups excluding carboxylic acids is 1. The minimum absolute atomic E-state index is 0.184. The van der Waals surface area contributed by atoms with Gasteiger partial charge in [-0.15, -0.1) is 0 Å². The van der Waals surface area contributed by atoms with Gasteiger partial charge in [-0.05, 0) is 37.8 Å². The predicted molar refractivity (Wildman–Crippen MR) is 81.6 cm³/mol. The smallest absolute Gasteiger partial charge is 0.176 e. The lowest BCUT2D eigenvalue weighted by atomic mass is 9.72. The van der Waals surface area contributed by atoms with Crippen molar-refractivity contribution in [3.8, 4) is 6.19 Å². The Morgan fingerprint density at radius 2 is 1.81 bits per heavy atom. The Hall–Kier alpha value is -2.02. The van der Waals surface area contributed by atoms with Crippen LogP contribution >= 0.6 is 0 Å². The van der Waals surface area contributed by atoms with Gasteiger partial charge in [0, 0.05) is 36.7 Å². The van der Waals surface area contributed by atoms with Gasteiger partial charge in [-0.2, -0.15) is 5.26 Å². The summed E-state index contributed by atoms with van der Waals surface area (Å²) < 4.78 is 0. The van der Waals surface area contributed by atoms with E-state index in [0.717, 1.165) is 38.8 Å². The molecule has 3 rings (SSSR count). The molecule has 2 aliphatic rings. The van der Waals surface area contributed by atoms with Gasteiger partial charge in [0.25, 0.3) is 0 Å². The van der Waals surface area contributed by atoms with Crippen LogP contribution in [0.5, 0.6) is 0 Å². The molecular formula is C17H21N3O. The van der Waals surface area contributed by atoms with Crippen LogP contribution in [0.4, 0.5) is 5.69 Å². The predicted octanol–water partition coefficient (Wildman–Crippen LogP) is 2.32. The van der Waals surface area contributed by atoms with Crippen molar-refractivity contribution in [3.63, 3.8) is 0 Å². The Morgan fingerprint density at radius 1 is 1.14 bits per heavy atom. The number of piperidine rings is 1. The first-order valence-corrected chi connectivity index (χ1v) is 7.76. The first-order chi connectivity index (χ1) is 10.3. The van der Waals surface area contributed by atoms with Crippen LogP contribution in [0, 0.1) is 23.3 Å². The number of nitrogens with zero attached hydrogens (tertiary/aromatic N) is 2. The van der Waals surface area contributed by atoms with E-state index in [0.29, 0.717) is 5.78 Å². The van der Waals surface area contributed by atoms with E-state index in [-0.39, 0.29) is 17.9 Å². The molecule has 4 heteroatoms. The number of Topliss-reactive ketones (excluding diaryl/α,β-unsaturated/α-hetero) is 1. The van der Waals surface area contributed by atoms with Gasteiger partial charge < -0.3 is 10.2 Å². The van der Waals surface area contributed by atoms with Gasteiger partial charge in [0.1, 0.15) is 5.78 Å². The molecule has 1 saturated heterocycles. The first-order valence-electron chi connectivity index (χ1n) is 7.76. The van der Waals surface area contributed by atoms with E-state index >= 15 is 0 Å². The van der Waals surface area contributed by atoms with Crippen LogP contribution in [-0.4, -0.2) is 24.9 Å². The van der Waals surface area contributed by atoms with Crippen molar-refractivity contribution in [2.24, 2.45) is 11.8 Å². The standard InChI is InChI=1S/C17H21N3O/c18-12-19-15-10-14(11-15)17(21)13-6-8-20(9-7-13)16-4-2-1-3-5-16/h1-5,13-15,19H,6-11H2. The molecule has 1 aromatic rings. The number of nitriles is 1. The molecule has 0 bridgehead atoms. The van der Waals surface area contributed by atoms with Crippen LogP contribution in [0.25, 0.3) is 0 Å². The van der Waals surface area contributed by atoms with Crippen molar-refractivity contribution in [1.82, 2.24) is 5.32 Å². The van der Waals surface area contributed by atoms with Crippen molar-refractivity contribution in [3.05, 3.63) is 30.3 Å². The lowest BCUT2D eigenvalue weighted by Gasteiger charge is -2.38. The number of anilines is 1. The number of para-hydroxylation sites is 1. The Balaban J connectivity index is 1.48. The van der Waals surface area contributed by atoms with Crippen LogP contribution in [0.3, 0.4) is 0 Å². The monoisotopic (exact) mass is 283 g/mol. The Morgan fingerprint density at radius 3 is 2.43 bits per heavy atom. The maximum atomic E-state index is 12.4. The number of benzene rings is 1. The SMILES string of the molecule is N#CNC1CC(C(=O)C2CCN(c3ccccc3)CC2)C1. The molecule has 0 atom stereocenters. The third-order valence-electron chi connectivity index (χ3n) is 4.83. The zero-order valence-electron chi connectivity index (χ0n) is 12.2. The fourth-order valence-electron chi connectivity index (χ4n) is 3.45. The Labute approximate surface area is 125 Å². The van der Waals surface area contributed by atoms with Gasteiger partial charge in [-0.3, -0.25) is 4.79 Å². The normalized spacial score (nSPS) is 25.8. The zero-order valence-corrected chi connectivity index (χ0v) is 12.2. The van der Waals surface area contributed by atoms with Crippen LogP contribution in [0.2, 0.25) is 0 Å². The number of carbonyl (C=O) groups is 1. The Kier molecular flexibility index (Phi) is 4.10. The molecule has 0 radical (unpaired) electrons. The number of hydrogen-bond acceptors (Lipinski definition) is 4. The zero-order chi connectivity index (χ0) is 14.7. The summed E-state index contributed by atoms with van der Waals surface area (Å²) in [5.41, 5.74) is 1.25. The van der Waals surface area contributed by atoms with Crippen molar-refractivity contribution >= 4 is 11.5 Å². The minimum atomic E-state index is 0.184. The lowest BCUT2D eigenvalue weighted by Crippen LogP contribution is -2.46. The summed E-state index contributed by atoms with van der Waals surface area (Å²) in [7, 11) is 0. The summed E-state index contributed by atoms with van der Waals surface area (Å²) in [6, 6.07) is 10.6. The van der Waals surface area contributed by atoms with Gasteiger partial charge in [0.15, 0.2) is 6.19 Å². The van der Waals surface area contributed by atoms with Crippen molar-refractivity contribution in [2.45, 2.75) is 31.7 Å². The number of nitrogens with one attached hydrogen (secondary N) is 1. The molecule has 4 nitrogen and oxygen atoms in total.